The van der Waals surface area contributed by atoms with Gasteiger partial charge in [-0.2, -0.15) is 9.78 Å². The molecule has 1 aliphatic rings. The number of non-ortho nitro benzene ring substituents is 1. The maximum atomic E-state index is 13.7. The highest BCUT2D eigenvalue weighted by atomic mass is 16.6. The lowest BCUT2D eigenvalue weighted by molar-refractivity contribution is -0.384. The summed E-state index contributed by atoms with van der Waals surface area (Å²) in [5, 5.41) is 18.3. The molecule has 0 N–H and O–H groups in total. The van der Waals surface area contributed by atoms with Crippen molar-refractivity contribution in [3.05, 3.63) is 122 Å². The van der Waals surface area contributed by atoms with E-state index in [0.717, 1.165) is 47.6 Å². The number of aromatic nitrogens is 2. The molecule has 6 rings (SSSR count). The van der Waals surface area contributed by atoms with Crippen LogP contribution in [0.3, 0.4) is 0 Å². The molecule has 1 heterocycles. The number of nitrogens with zero attached hydrogens (tertiary/aromatic N) is 4. The molecule has 0 aliphatic heterocycles. The van der Waals surface area contributed by atoms with Gasteiger partial charge in [0.25, 0.3) is 11.2 Å². The highest BCUT2D eigenvalue weighted by Crippen LogP contribution is 2.32. The number of para-hydroxylation sites is 1. The van der Waals surface area contributed by atoms with Crippen LogP contribution in [0.1, 0.15) is 55.0 Å². The molecule has 1 aromatic heterocycles. The van der Waals surface area contributed by atoms with Gasteiger partial charge in [0.05, 0.1) is 22.0 Å². The third-order valence-corrected chi connectivity index (χ3v) is 7.52. The van der Waals surface area contributed by atoms with Crippen LogP contribution >= 0.6 is 0 Å². The van der Waals surface area contributed by atoms with Gasteiger partial charge < -0.3 is 4.74 Å². The van der Waals surface area contributed by atoms with E-state index in [-0.39, 0.29) is 23.8 Å². The number of hydrogen-bond donors (Lipinski definition) is 0. The van der Waals surface area contributed by atoms with Gasteiger partial charge in [-0.3, -0.25) is 14.9 Å². The minimum Gasteiger partial charge on any atom is -0.488 e. The predicted octanol–water partition coefficient (Wildman–Crippen LogP) is 6.97. The topological polar surface area (TPSA) is 99.6 Å². The summed E-state index contributed by atoms with van der Waals surface area (Å²) >= 11 is 0. The summed E-state index contributed by atoms with van der Waals surface area (Å²) in [6, 6.07) is 25.5. The average Bonchev–Trinajstić information content (AvgIpc) is 3.00. The Balaban J connectivity index is 1.42. The SMILES string of the molecule is O=c1c2ccccc2nc(C2CCCCC2)n1N=Cc1c(OCc2ccc([N+](=O)[O-])cc2)ccc2ccccc12. The third-order valence-electron chi connectivity index (χ3n) is 7.52. The minimum atomic E-state index is -0.423. The maximum absolute atomic E-state index is 13.7. The zero-order valence-electron chi connectivity index (χ0n) is 21.9. The molecule has 0 spiro atoms. The molecule has 1 saturated carbocycles. The van der Waals surface area contributed by atoms with Crippen molar-refractivity contribution in [1.82, 2.24) is 9.66 Å². The standard InChI is InChI=1S/C32H28N4O4/c37-32-27-12-6-7-13-29(27)34-31(24-9-2-1-3-10-24)35(32)33-20-28-26-11-5-4-8-23(26)16-19-30(28)40-21-22-14-17-25(18-15-22)36(38)39/h4-8,11-20,24H,1-3,9-10,21H2. The van der Waals surface area contributed by atoms with E-state index in [1.807, 2.05) is 54.6 Å². The van der Waals surface area contributed by atoms with Gasteiger partial charge in [-0.25, -0.2) is 4.98 Å². The number of benzene rings is 4. The van der Waals surface area contributed by atoms with Crippen LogP contribution in [0.2, 0.25) is 0 Å². The fourth-order valence-electron chi connectivity index (χ4n) is 5.40. The summed E-state index contributed by atoms with van der Waals surface area (Å²) in [7, 11) is 0. The lowest BCUT2D eigenvalue weighted by Gasteiger charge is -2.22. The van der Waals surface area contributed by atoms with Crippen LogP contribution in [0.15, 0.2) is 94.8 Å². The Morgan fingerprint density at radius 1 is 0.925 bits per heavy atom. The van der Waals surface area contributed by atoms with E-state index in [9.17, 15) is 14.9 Å². The number of hydrogen-bond acceptors (Lipinski definition) is 6. The predicted molar refractivity (Wildman–Crippen MR) is 156 cm³/mol. The molecular weight excluding hydrogens is 504 g/mol. The van der Waals surface area contributed by atoms with Gasteiger partial charge >= 0.3 is 0 Å². The van der Waals surface area contributed by atoms with Crippen molar-refractivity contribution in [3.8, 4) is 5.75 Å². The Hall–Kier alpha value is -4.85. The second-order valence-electron chi connectivity index (χ2n) is 10.1. The Bertz CT molecular complexity index is 1790. The molecule has 0 radical (unpaired) electrons. The van der Waals surface area contributed by atoms with Gasteiger partial charge in [0.15, 0.2) is 0 Å². The highest BCUT2D eigenvalue weighted by Gasteiger charge is 2.22. The number of nitro benzene ring substituents is 1. The molecule has 8 heteroatoms. The quantitative estimate of drug-likeness (QED) is 0.128. The first-order chi connectivity index (χ1) is 19.6. The van der Waals surface area contributed by atoms with Crippen LogP contribution in [0.4, 0.5) is 5.69 Å². The largest absolute Gasteiger partial charge is 0.488 e. The van der Waals surface area contributed by atoms with Crippen molar-refractivity contribution < 1.29 is 9.66 Å². The summed E-state index contributed by atoms with van der Waals surface area (Å²) in [6.45, 7) is 0.224. The minimum absolute atomic E-state index is 0.0329. The van der Waals surface area contributed by atoms with Crippen molar-refractivity contribution in [2.75, 3.05) is 0 Å². The molecule has 0 unspecified atom stereocenters. The molecule has 0 atom stereocenters. The number of ether oxygens (including phenoxy) is 1. The number of nitro groups is 1. The Labute approximate surface area is 230 Å². The van der Waals surface area contributed by atoms with Crippen LogP contribution in [0.5, 0.6) is 5.75 Å². The first kappa shape index (κ1) is 25.4. The Morgan fingerprint density at radius 2 is 1.65 bits per heavy atom. The first-order valence-corrected chi connectivity index (χ1v) is 13.5. The molecule has 1 fully saturated rings. The van der Waals surface area contributed by atoms with Gasteiger partial charge in [-0.15, -0.1) is 0 Å². The van der Waals surface area contributed by atoms with E-state index < -0.39 is 4.92 Å². The summed E-state index contributed by atoms with van der Waals surface area (Å²) in [4.78, 5) is 29.2. The molecule has 0 saturated heterocycles. The third kappa shape index (κ3) is 5.08. The average molecular weight is 533 g/mol. The van der Waals surface area contributed by atoms with E-state index in [0.29, 0.717) is 22.5 Å². The van der Waals surface area contributed by atoms with Crippen LogP contribution < -0.4 is 10.3 Å². The first-order valence-electron chi connectivity index (χ1n) is 13.5. The fourth-order valence-corrected chi connectivity index (χ4v) is 5.40. The fraction of sp³-hybridized carbons (Fsp3) is 0.219. The van der Waals surface area contributed by atoms with Crippen molar-refractivity contribution in [2.45, 2.75) is 44.6 Å². The van der Waals surface area contributed by atoms with Crippen molar-refractivity contribution in [1.29, 1.82) is 0 Å². The smallest absolute Gasteiger partial charge is 0.282 e. The molecule has 1 aliphatic carbocycles. The zero-order valence-corrected chi connectivity index (χ0v) is 21.9. The van der Waals surface area contributed by atoms with E-state index >= 15 is 0 Å². The Morgan fingerprint density at radius 3 is 2.42 bits per heavy atom. The van der Waals surface area contributed by atoms with Gasteiger partial charge in [0.2, 0.25) is 0 Å². The van der Waals surface area contributed by atoms with Crippen molar-refractivity contribution >= 4 is 33.6 Å². The van der Waals surface area contributed by atoms with E-state index in [2.05, 4.69) is 0 Å². The second-order valence-corrected chi connectivity index (χ2v) is 10.1. The van der Waals surface area contributed by atoms with E-state index in [1.54, 1.807) is 24.4 Å². The van der Waals surface area contributed by atoms with Gasteiger partial charge in [-0.05, 0) is 59.5 Å². The van der Waals surface area contributed by atoms with Gasteiger partial charge in [0.1, 0.15) is 18.2 Å². The Kier molecular flexibility index (Phi) is 7.06. The molecule has 4 aromatic carbocycles. The maximum Gasteiger partial charge on any atom is 0.282 e. The summed E-state index contributed by atoms with van der Waals surface area (Å²) in [5.41, 5.74) is 2.09. The molecule has 0 bridgehead atoms. The van der Waals surface area contributed by atoms with E-state index in [1.165, 1.54) is 23.2 Å². The zero-order chi connectivity index (χ0) is 27.5. The molecule has 8 nitrogen and oxygen atoms in total. The molecule has 5 aromatic rings. The van der Waals surface area contributed by atoms with Crippen LogP contribution in [0.25, 0.3) is 21.7 Å². The van der Waals surface area contributed by atoms with Crippen LogP contribution in [-0.4, -0.2) is 20.8 Å². The lowest BCUT2D eigenvalue weighted by Crippen LogP contribution is -2.25. The van der Waals surface area contributed by atoms with Crippen molar-refractivity contribution in [3.63, 3.8) is 0 Å². The number of fused-ring (bicyclic) bond motifs is 2. The van der Waals surface area contributed by atoms with Crippen LogP contribution in [0, 0.1) is 10.1 Å². The second kappa shape index (κ2) is 11.1. The van der Waals surface area contributed by atoms with Gasteiger partial charge in [0, 0.05) is 23.6 Å². The van der Waals surface area contributed by atoms with Gasteiger partial charge in [-0.1, -0.05) is 61.7 Å². The summed E-state index contributed by atoms with van der Waals surface area (Å²) < 4.78 is 7.68. The van der Waals surface area contributed by atoms with E-state index in [4.69, 9.17) is 14.8 Å². The normalized spacial score (nSPS) is 14.2. The summed E-state index contributed by atoms with van der Waals surface area (Å²) in [5.74, 6) is 1.48. The highest BCUT2D eigenvalue weighted by molar-refractivity contribution is 6.02. The molecule has 0 amide bonds. The molecule has 200 valence electrons. The number of rotatable bonds is 7. The van der Waals surface area contributed by atoms with Crippen LogP contribution in [-0.2, 0) is 6.61 Å². The van der Waals surface area contributed by atoms with Crippen molar-refractivity contribution in [2.24, 2.45) is 5.10 Å². The summed E-state index contributed by atoms with van der Waals surface area (Å²) in [6.07, 6.45) is 7.08. The molecular formula is C32H28N4O4. The lowest BCUT2D eigenvalue weighted by atomic mass is 9.88. The monoisotopic (exact) mass is 532 g/mol. The molecule has 40 heavy (non-hydrogen) atoms.